The average molecular weight is 257 g/mol. The number of carbonyl (C=O) groups is 1. The van der Waals surface area contributed by atoms with Gasteiger partial charge in [-0.05, 0) is 12.8 Å². The van der Waals surface area contributed by atoms with Crippen molar-refractivity contribution in [2.45, 2.75) is 39.2 Å². The lowest BCUT2D eigenvalue weighted by atomic mass is 10.1. The van der Waals surface area contributed by atoms with E-state index in [0.717, 1.165) is 17.8 Å². The fraction of sp³-hybridized carbons (Fsp3) is 0.636. The topological polar surface area (TPSA) is 77.2 Å². The first kappa shape index (κ1) is 14.1. The summed E-state index contributed by atoms with van der Waals surface area (Å²) in [5.41, 5.74) is 2.81. The molecule has 0 aliphatic heterocycles. The summed E-state index contributed by atoms with van der Waals surface area (Å²) < 4.78 is 5.05. The van der Waals surface area contributed by atoms with Crippen LogP contribution in [0.3, 0.4) is 0 Å². The SMILES string of the molecule is CCC(CC)c1nc(COC)c(C(=O)NN)s1. The van der Waals surface area contributed by atoms with Crippen LogP contribution < -0.4 is 11.3 Å². The van der Waals surface area contributed by atoms with E-state index in [-0.39, 0.29) is 5.91 Å². The highest BCUT2D eigenvalue weighted by molar-refractivity contribution is 7.13. The third-order valence-electron chi connectivity index (χ3n) is 2.67. The van der Waals surface area contributed by atoms with Gasteiger partial charge < -0.3 is 4.74 Å². The van der Waals surface area contributed by atoms with Crippen molar-refractivity contribution >= 4 is 17.2 Å². The van der Waals surface area contributed by atoms with Crippen LogP contribution >= 0.6 is 11.3 Å². The fourth-order valence-electron chi connectivity index (χ4n) is 1.66. The molecule has 0 saturated heterocycles. The Balaban J connectivity index is 3.06. The van der Waals surface area contributed by atoms with Gasteiger partial charge in [-0.3, -0.25) is 10.2 Å². The number of aromatic nitrogens is 1. The van der Waals surface area contributed by atoms with E-state index in [2.05, 4.69) is 24.3 Å². The molecule has 0 aromatic carbocycles. The van der Waals surface area contributed by atoms with Gasteiger partial charge in [-0.2, -0.15) is 0 Å². The number of nitrogens with two attached hydrogens (primary N) is 1. The quantitative estimate of drug-likeness (QED) is 0.463. The molecule has 0 fully saturated rings. The first-order valence-corrected chi connectivity index (χ1v) is 6.48. The Morgan fingerprint density at radius 3 is 2.65 bits per heavy atom. The Hall–Kier alpha value is -0.980. The minimum Gasteiger partial charge on any atom is -0.378 e. The molecule has 0 aliphatic rings. The van der Waals surface area contributed by atoms with E-state index in [1.165, 1.54) is 11.3 Å². The van der Waals surface area contributed by atoms with Crippen molar-refractivity contribution in [2.75, 3.05) is 7.11 Å². The van der Waals surface area contributed by atoms with Crippen molar-refractivity contribution in [3.63, 3.8) is 0 Å². The molecular weight excluding hydrogens is 238 g/mol. The lowest BCUT2D eigenvalue weighted by molar-refractivity contribution is 0.0952. The van der Waals surface area contributed by atoms with Gasteiger partial charge in [-0.15, -0.1) is 11.3 Å². The summed E-state index contributed by atoms with van der Waals surface area (Å²) in [5.74, 6) is 5.26. The second-order valence-corrected chi connectivity index (χ2v) is 4.78. The fourth-order valence-corrected chi connectivity index (χ4v) is 2.90. The Morgan fingerprint density at radius 1 is 1.53 bits per heavy atom. The maximum absolute atomic E-state index is 11.6. The van der Waals surface area contributed by atoms with Gasteiger partial charge in [0.15, 0.2) is 0 Å². The number of carbonyl (C=O) groups excluding carboxylic acids is 1. The molecule has 1 amide bonds. The van der Waals surface area contributed by atoms with Crippen LogP contribution in [0.1, 0.15) is 53.0 Å². The Bertz CT molecular complexity index is 375. The number of nitrogens with zero attached hydrogens (tertiary/aromatic N) is 1. The van der Waals surface area contributed by atoms with Crippen LogP contribution in [0.5, 0.6) is 0 Å². The monoisotopic (exact) mass is 257 g/mol. The zero-order valence-electron chi connectivity index (χ0n) is 10.4. The number of nitrogen functional groups attached to an aromatic ring is 1. The summed E-state index contributed by atoms with van der Waals surface area (Å²) in [6.45, 7) is 4.57. The predicted molar refractivity (Wildman–Crippen MR) is 67.8 cm³/mol. The van der Waals surface area contributed by atoms with Gasteiger partial charge in [0.2, 0.25) is 0 Å². The minimum absolute atomic E-state index is 0.299. The van der Waals surface area contributed by atoms with E-state index in [1.807, 2.05) is 0 Å². The Labute approximate surface area is 105 Å². The highest BCUT2D eigenvalue weighted by Crippen LogP contribution is 2.29. The van der Waals surface area contributed by atoms with E-state index < -0.39 is 0 Å². The smallest absolute Gasteiger partial charge is 0.277 e. The summed E-state index contributed by atoms with van der Waals surface area (Å²) in [6.07, 6.45) is 2.03. The van der Waals surface area contributed by atoms with Gasteiger partial charge in [-0.1, -0.05) is 13.8 Å². The van der Waals surface area contributed by atoms with Crippen LogP contribution in [0.15, 0.2) is 0 Å². The molecule has 3 N–H and O–H groups in total. The van der Waals surface area contributed by atoms with Crippen molar-refractivity contribution in [2.24, 2.45) is 5.84 Å². The van der Waals surface area contributed by atoms with Crippen molar-refractivity contribution in [3.05, 3.63) is 15.6 Å². The number of amides is 1. The van der Waals surface area contributed by atoms with Gasteiger partial charge in [0.25, 0.3) is 5.91 Å². The number of thiazole rings is 1. The molecule has 0 radical (unpaired) electrons. The van der Waals surface area contributed by atoms with Crippen LogP contribution in [0.2, 0.25) is 0 Å². The zero-order chi connectivity index (χ0) is 12.8. The lowest BCUT2D eigenvalue weighted by Gasteiger charge is -2.06. The molecule has 0 bridgehead atoms. The van der Waals surface area contributed by atoms with Crippen LogP contribution in [0.4, 0.5) is 0 Å². The summed E-state index contributed by atoms with van der Waals surface area (Å²) in [6, 6.07) is 0. The molecule has 0 unspecified atom stereocenters. The minimum atomic E-state index is -0.299. The van der Waals surface area contributed by atoms with E-state index in [9.17, 15) is 4.79 Å². The molecule has 1 rings (SSSR count). The zero-order valence-corrected chi connectivity index (χ0v) is 11.3. The van der Waals surface area contributed by atoms with Crippen molar-refractivity contribution < 1.29 is 9.53 Å². The largest absolute Gasteiger partial charge is 0.378 e. The molecule has 0 aliphatic carbocycles. The Kier molecular flexibility index (Phi) is 5.54. The summed E-state index contributed by atoms with van der Waals surface area (Å²) in [7, 11) is 1.58. The molecule has 6 heteroatoms. The predicted octanol–water partition coefficient (Wildman–Crippen LogP) is 1.80. The second kappa shape index (κ2) is 6.68. The maximum atomic E-state index is 11.6. The highest BCUT2D eigenvalue weighted by atomic mass is 32.1. The number of hydrogen-bond donors (Lipinski definition) is 2. The normalized spacial score (nSPS) is 10.9. The van der Waals surface area contributed by atoms with E-state index in [1.54, 1.807) is 7.11 Å². The first-order chi connectivity index (χ1) is 8.17. The molecule has 0 atom stereocenters. The first-order valence-electron chi connectivity index (χ1n) is 5.67. The number of nitrogens with one attached hydrogen (secondary N) is 1. The van der Waals surface area contributed by atoms with Crippen LogP contribution in [0.25, 0.3) is 0 Å². The van der Waals surface area contributed by atoms with E-state index in [0.29, 0.717) is 23.1 Å². The van der Waals surface area contributed by atoms with Gasteiger partial charge in [0.1, 0.15) is 4.88 Å². The molecular formula is C11H19N3O2S. The van der Waals surface area contributed by atoms with E-state index in [4.69, 9.17) is 10.6 Å². The molecule has 1 heterocycles. The molecule has 0 spiro atoms. The number of hydrogen-bond acceptors (Lipinski definition) is 5. The molecule has 1 aromatic rings. The van der Waals surface area contributed by atoms with Crippen molar-refractivity contribution in [1.82, 2.24) is 10.4 Å². The number of hydrazine groups is 1. The lowest BCUT2D eigenvalue weighted by Crippen LogP contribution is -2.30. The molecule has 1 aromatic heterocycles. The van der Waals surface area contributed by atoms with Gasteiger partial charge >= 0.3 is 0 Å². The summed E-state index contributed by atoms with van der Waals surface area (Å²) >= 11 is 1.41. The molecule has 0 saturated carbocycles. The standard InChI is InChI=1S/C11H19N3O2S/c1-4-7(5-2)11-13-8(6-16-3)9(17-11)10(15)14-12/h7H,4-6,12H2,1-3H3,(H,14,15). The molecule has 17 heavy (non-hydrogen) atoms. The third-order valence-corrected chi connectivity index (χ3v) is 3.93. The van der Waals surface area contributed by atoms with Crippen LogP contribution in [0, 0.1) is 0 Å². The van der Waals surface area contributed by atoms with Gasteiger partial charge in [-0.25, -0.2) is 10.8 Å². The number of rotatable bonds is 6. The number of ether oxygens (including phenoxy) is 1. The van der Waals surface area contributed by atoms with Crippen LogP contribution in [-0.4, -0.2) is 18.0 Å². The van der Waals surface area contributed by atoms with Gasteiger partial charge in [0, 0.05) is 13.0 Å². The van der Waals surface area contributed by atoms with E-state index >= 15 is 0 Å². The van der Waals surface area contributed by atoms with Gasteiger partial charge in [0.05, 0.1) is 17.3 Å². The summed E-state index contributed by atoms with van der Waals surface area (Å²) in [5, 5.41) is 0.987. The highest BCUT2D eigenvalue weighted by Gasteiger charge is 2.20. The van der Waals surface area contributed by atoms with Crippen molar-refractivity contribution in [1.29, 1.82) is 0 Å². The number of methoxy groups -OCH3 is 1. The molecule has 5 nitrogen and oxygen atoms in total. The second-order valence-electron chi connectivity index (χ2n) is 3.75. The maximum Gasteiger partial charge on any atom is 0.277 e. The third kappa shape index (κ3) is 3.24. The summed E-state index contributed by atoms with van der Waals surface area (Å²) in [4.78, 5) is 16.6. The molecule has 96 valence electrons. The average Bonchev–Trinajstić information content (AvgIpc) is 2.74. The Morgan fingerprint density at radius 2 is 2.18 bits per heavy atom. The van der Waals surface area contributed by atoms with Crippen molar-refractivity contribution in [3.8, 4) is 0 Å². The van der Waals surface area contributed by atoms with Crippen LogP contribution in [-0.2, 0) is 11.3 Å².